The molecule has 13 heteroatoms. The zero-order chi connectivity index (χ0) is 27.7. The highest BCUT2D eigenvalue weighted by atomic mass is 19.4. The summed E-state index contributed by atoms with van der Waals surface area (Å²) in [5, 5.41) is 5.39. The van der Waals surface area contributed by atoms with Gasteiger partial charge in [0.15, 0.2) is 0 Å². The van der Waals surface area contributed by atoms with Gasteiger partial charge in [-0.2, -0.15) is 13.2 Å². The Hall–Kier alpha value is -4.81. The summed E-state index contributed by atoms with van der Waals surface area (Å²) in [5.41, 5.74) is 7.19. The summed E-state index contributed by atoms with van der Waals surface area (Å²) in [6, 6.07) is 9.22. The number of hydrogen-bond acceptors (Lipinski definition) is 8. The number of alkyl halides is 3. The standard InChI is InChI=1S/C26H22F4N8O/c1-38-12-19(21-22(31)35-13-36-24(21)38)20-7-2-14(9-32-20)10-33-23-18(8-15(11-34-23)26(28,29)30)25(39)37-17-5-3-16(27)4-6-17/h2-9,11,13,19H,10,12H2,1H3,(H,33,34)(H,37,39)(H2,31,35,36). The van der Waals surface area contributed by atoms with Gasteiger partial charge in [-0.1, -0.05) is 6.07 Å². The largest absolute Gasteiger partial charge is 0.417 e. The fraction of sp³-hybridized carbons (Fsp3) is 0.192. The van der Waals surface area contributed by atoms with Gasteiger partial charge in [-0.15, -0.1) is 0 Å². The van der Waals surface area contributed by atoms with Crippen LogP contribution in [-0.2, 0) is 12.7 Å². The van der Waals surface area contributed by atoms with Gasteiger partial charge in [-0.25, -0.2) is 19.3 Å². The number of anilines is 4. The van der Waals surface area contributed by atoms with Crippen molar-refractivity contribution in [2.45, 2.75) is 18.6 Å². The number of carbonyl (C=O) groups excluding carboxylic acids is 1. The molecule has 9 nitrogen and oxygen atoms in total. The van der Waals surface area contributed by atoms with Gasteiger partial charge in [0.05, 0.1) is 17.0 Å². The summed E-state index contributed by atoms with van der Waals surface area (Å²) in [6.45, 7) is 0.764. The van der Waals surface area contributed by atoms with Crippen LogP contribution in [0.4, 0.5) is 40.7 Å². The van der Waals surface area contributed by atoms with E-state index in [1.165, 1.54) is 18.5 Å². The minimum atomic E-state index is -4.70. The molecule has 39 heavy (non-hydrogen) atoms. The van der Waals surface area contributed by atoms with E-state index in [0.717, 1.165) is 35.3 Å². The Balaban J connectivity index is 1.34. The van der Waals surface area contributed by atoms with Gasteiger partial charge in [0.1, 0.15) is 29.6 Å². The van der Waals surface area contributed by atoms with E-state index in [9.17, 15) is 22.4 Å². The number of aromatic nitrogens is 4. The molecule has 4 heterocycles. The molecule has 0 aliphatic carbocycles. The van der Waals surface area contributed by atoms with Crippen LogP contribution in [0.15, 0.2) is 61.2 Å². The van der Waals surface area contributed by atoms with Crippen LogP contribution in [0, 0.1) is 5.82 Å². The van der Waals surface area contributed by atoms with Gasteiger partial charge in [-0.05, 0) is 42.0 Å². The zero-order valence-corrected chi connectivity index (χ0v) is 20.5. The third kappa shape index (κ3) is 5.42. The number of nitrogens with two attached hydrogens (primary N) is 1. The second-order valence-electron chi connectivity index (χ2n) is 8.95. The highest BCUT2D eigenvalue weighted by Gasteiger charge is 2.33. The van der Waals surface area contributed by atoms with E-state index < -0.39 is 23.5 Å². The number of nitrogen functional groups attached to an aromatic ring is 1. The van der Waals surface area contributed by atoms with Gasteiger partial charge in [0.25, 0.3) is 5.91 Å². The molecule has 1 unspecified atom stereocenters. The number of nitrogens with one attached hydrogen (secondary N) is 2. The second-order valence-corrected chi connectivity index (χ2v) is 8.95. The summed E-state index contributed by atoms with van der Waals surface area (Å²) in [6.07, 6.45) is -1.00. The molecular weight excluding hydrogens is 516 g/mol. The lowest BCUT2D eigenvalue weighted by Crippen LogP contribution is -2.18. The van der Waals surface area contributed by atoms with Crippen LogP contribution >= 0.6 is 0 Å². The Morgan fingerprint density at radius 2 is 1.85 bits per heavy atom. The maximum Gasteiger partial charge on any atom is 0.417 e. The molecule has 0 fully saturated rings. The normalized spacial score (nSPS) is 14.7. The molecule has 0 saturated heterocycles. The first-order valence-electron chi connectivity index (χ1n) is 11.7. The molecule has 1 amide bonds. The van der Waals surface area contributed by atoms with Crippen LogP contribution in [0.2, 0.25) is 0 Å². The van der Waals surface area contributed by atoms with Crippen molar-refractivity contribution < 1.29 is 22.4 Å². The van der Waals surface area contributed by atoms with E-state index in [0.29, 0.717) is 24.1 Å². The van der Waals surface area contributed by atoms with Gasteiger partial charge in [0, 0.05) is 49.5 Å². The van der Waals surface area contributed by atoms with Crippen LogP contribution < -0.4 is 21.3 Å². The average molecular weight is 539 g/mol. The molecule has 1 aliphatic rings. The molecule has 3 aromatic heterocycles. The number of halogens is 4. The van der Waals surface area contributed by atoms with E-state index in [2.05, 4.69) is 30.6 Å². The van der Waals surface area contributed by atoms with Crippen LogP contribution in [0.1, 0.15) is 38.7 Å². The molecule has 4 aromatic rings. The number of benzene rings is 1. The van der Waals surface area contributed by atoms with E-state index in [-0.39, 0.29) is 29.5 Å². The Kier molecular flexibility index (Phi) is 6.73. The minimum absolute atomic E-state index is 0.0528. The van der Waals surface area contributed by atoms with Crippen molar-refractivity contribution in [3.63, 3.8) is 0 Å². The lowest BCUT2D eigenvalue weighted by atomic mass is 9.98. The lowest BCUT2D eigenvalue weighted by Gasteiger charge is -2.15. The van der Waals surface area contributed by atoms with Gasteiger partial charge in [-0.3, -0.25) is 9.78 Å². The first kappa shape index (κ1) is 25.8. The number of carbonyl (C=O) groups is 1. The van der Waals surface area contributed by atoms with Crippen molar-refractivity contribution in [2.75, 3.05) is 34.9 Å². The van der Waals surface area contributed by atoms with Crippen LogP contribution in [0.3, 0.4) is 0 Å². The molecular formula is C26H22F4N8O. The number of nitrogens with zero attached hydrogens (tertiary/aromatic N) is 5. The van der Waals surface area contributed by atoms with E-state index in [1.807, 2.05) is 24.1 Å². The summed E-state index contributed by atoms with van der Waals surface area (Å²) in [7, 11) is 1.91. The van der Waals surface area contributed by atoms with Crippen molar-refractivity contribution in [1.29, 1.82) is 0 Å². The molecule has 1 atom stereocenters. The summed E-state index contributed by atoms with van der Waals surface area (Å²) in [4.78, 5) is 31.6. The molecule has 200 valence electrons. The first-order valence-corrected chi connectivity index (χ1v) is 11.7. The topological polar surface area (TPSA) is 122 Å². The minimum Gasteiger partial charge on any atom is -0.383 e. The van der Waals surface area contributed by atoms with Crippen molar-refractivity contribution in [3.05, 3.63) is 95.0 Å². The Bertz CT molecular complexity index is 1510. The van der Waals surface area contributed by atoms with Crippen LogP contribution in [-0.4, -0.2) is 39.4 Å². The Morgan fingerprint density at radius 3 is 2.54 bits per heavy atom. The summed E-state index contributed by atoms with van der Waals surface area (Å²) in [5.74, 6) is -0.382. The monoisotopic (exact) mass is 538 g/mol. The summed E-state index contributed by atoms with van der Waals surface area (Å²) >= 11 is 0. The van der Waals surface area contributed by atoms with E-state index in [1.54, 1.807) is 6.20 Å². The fourth-order valence-corrected chi connectivity index (χ4v) is 4.33. The third-order valence-electron chi connectivity index (χ3n) is 6.29. The number of likely N-dealkylation sites (N-methyl/N-ethyl adjacent to an activating group) is 1. The number of pyridine rings is 2. The molecule has 0 spiro atoms. The SMILES string of the molecule is CN1CC(c2ccc(CNc3ncc(C(F)(F)F)cc3C(=O)Nc3ccc(F)cc3)cn2)c2c(N)ncnc21. The average Bonchev–Trinajstić information content (AvgIpc) is 3.26. The van der Waals surface area contributed by atoms with Crippen molar-refractivity contribution >= 4 is 29.0 Å². The molecule has 5 rings (SSSR count). The van der Waals surface area contributed by atoms with E-state index >= 15 is 0 Å². The van der Waals surface area contributed by atoms with Gasteiger partial charge < -0.3 is 21.3 Å². The summed E-state index contributed by atoms with van der Waals surface area (Å²) < 4.78 is 53.2. The van der Waals surface area contributed by atoms with Crippen molar-refractivity contribution in [2.24, 2.45) is 0 Å². The number of hydrogen-bond donors (Lipinski definition) is 3. The van der Waals surface area contributed by atoms with Gasteiger partial charge in [0.2, 0.25) is 0 Å². The lowest BCUT2D eigenvalue weighted by molar-refractivity contribution is -0.137. The third-order valence-corrected chi connectivity index (χ3v) is 6.29. The van der Waals surface area contributed by atoms with Crippen molar-refractivity contribution in [1.82, 2.24) is 19.9 Å². The number of amides is 1. The van der Waals surface area contributed by atoms with Crippen molar-refractivity contribution in [3.8, 4) is 0 Å². The molecule has 1 aromatic carbocycles. The first-order chi connectivity index (χ1) is 18.6. The molecule has 4 N–H and O–H groups in total. The zero-order valence-electron chi connectivity index (χ0n) is 20.5. The van der Waals surface area contributed by atoms with Gasteiger partial charge >= 0.3 is 6.18 Å². The van der Waals surface area contributed by atoms with E-state index in [4.69, 9.17) is 5.73 Å². The highest BCUT2D eigenvalue weighted by Crippen LogP contribution is 2.39. The smallest absolute Gasteiger partial charge is 0.383 e. The Morgan fingerprint density at radius 1 is 1.08 bits per heavy atom. The predicted molar refractivity (Wildman–Crippen MR) is 137 cm³/mol. The molecule has 1 aliphatic heterocycles. The number of rotatable bonds is 6. The molecule has 0 saturated carbocycles. The Labute approximate surface area is 220 Å². The predicted octanol–water partition coefficient (Wildman–Crippen LogP) is 4.45. The second kappa shape index (κ2) is 10.2. The number of fused-ring (bicyclic) bond motifs is 1. The highest BCUT2D eigenvalue weighted by molar-refractivity contribution is 6.07. The molecule has 0 radical (unpaired) electrons. The quantitative estimate of drug-likeness (QED) is 0.308. The fourth-order valence-electron chi connectivity index (χ4n) is 4.33. The van der Waals surface area contributed by atoms with Crippen LogP contribution in [0.25, 0.3) is 0 Å². The maximum atomic E-state index is 13.3. The maximum absolute atomic E-state index is 13.3. The van der Waals surface area contributed by atoms with Crippen LogP contribution in [0.5, 0.6) is 0 Å². The molecule has 0 bridgehead atoms.